The van der Waals surface area contributed by atoms with Gasteiger partial charge < -0.3 is 13.7 Å². The highest BCUT2D eigenvalue weighted by Crippen LogP contribution is 2.23. The topological polar surface area (TPSA) is 122 Å². The number of hydrogen-bond donors (Lipinski definition) is 0. The average Bonchev–Trinajstić information content (AvgIpc) is 2.98. The molecule has 2 rings (SSSR count). The fraction of sp³-hybridized carbons (Fsp3) is 0.222. The molecule has 2 heterocycles. The van der Waals surface area contributed by atoms with E-state index in [1.165, 1.54) is 6.07 Å². The molecule has 9 heteroatoms. The Bertz CT molecular complexity index is 587. The SMILES string of the molecule is CCOC(=O)c1nc(-c2ccc([N+](=O)[O-])o2)no1. The number of hydrogen-bond acceptors (Lipinski definition) is 8. The molecule has 0 unspecified atom stereocenters. The zero-order chi connectivity index (χ0) is 13.1. The molecule has 0 bridgehead atoms. The molecule has 0 radical (unpaired) electrons. The van der Waals surface area contributed by atoms with Crippen molar-refractivity contribution >= 4 is 11.9 Å². The number of rotatable bonds is 4. The summed E-state index contributed by atoms with van der Waals surface area (Å²) < 4.78 is 14.1. The molecule has 0 atom stereocenters. The van der Waals surface area contributed by atoms with Crippen molar-refractivity contribution in [2.45, 2.75) is 6.92 Å². The quantitative estimate of drug-likeness (QED) is 0.455. The molecule has 0 saturated carbocycles. The summed E-state index contributed by atoms with van der Waals surface area (Å²) in [4.78, 5) is 24.7. The fourth-order valence-corrected chi connectivity index (χ4v) is 1.15. The predicted molar refractivity (Wildman–Crippen MR) is 54.6 cm³/mol. The van der Waals surface area contributed by atoms with Gasteiger partial charge in [-0.05, 0) is 13.0 Å². The normalized spacial score (nSPS) is 10.3. The van der Waals surface area contributed by atoms with Crippen LogP contribution in [0.4, 0.5) is 5.88 Å². The van der Waals surface area contributed by atoms with Crippen molar-refractivity contribution in [3.05, 3.63) is 28.1 Å². The fourth-order valence-electron chi connectivity index (χ4n) is 1.15. The second-order valence-corrected chi connectivity index (χ2v) is 3.04. The summed E-state index contributed by atoms with van der Waals surface area (Å²) in [5.41, 5.74) is 0. The van der Waals surface area contributed by atoms with Crippen molar-refractivity contribution in [1.82, 2.24) is 10.1 Å². The van der Waals surface area contributed by atoms with Crippen LogP contribution in [0.25, 0.3) is 11.6 Å². The van der Waals surface area contributed by atoms with Crippen molar-refractivity contribution in [3.8, 4) is 11.6 Å². The van der Waals surface area contributed by atoms with Crippen LogP contribution < -0.4 is 0 Å². The summed E-state index contributed by atoms with van der Waals surface area (Å²) in [7, 11) is 0. The molecule has 0 aliphatic rings. The van der Waals surface area contributed by atoms with Crippen molar-refractivity contribution in [1.29, 1.82) is 0 Å². The maximum atomic E-state index is 11.2. The lowest BCUT2D eigenvalue weighted by Gasteiger charge is -1.93. The number of carbonyl (C=O) groups is 1. The van der Waals surface area contributed by atoms with Gasteiger partial charge in [-0.3, -0.25) is 10.1 Å². The molecule has 0 spiro atoms. The maximum absolute atomic E-state index is 11.2. The minimum absolute atomic E-state index is 0.0287. The standard InChI is InChI=1S/C9H7N3O6/c1-2-16-9(13)8-10-7(11-18-8)5-3-4-6(17-5)12(14)15/h3-4H,2H2,1H3. The van der Waals surface area contributed by atoms with Crippen molar-refractivity contribution in [2.75, 3.05) is 6.61 Å². The Morgan fingerprint density at radius 3 is 2.94 bits per heavy atom. The zero-order valence-corrected chi connectivity index (χ0v) is 9.15. The first-order valence-electron chi connectivity index (χ1n) is 4.87. The molecule has 0 saturated heterocycles. The third-order valence-corrected chi connectivity index (χ3v) is 1.87. The van der Waals surface area contributed by atoms with Crippen LogP contribution in [-0.4, -0.2) is 27.6 Å². The summed E-state index contributed by atoms with van der Waals surface area (Å²) in [6.07, 6.45) is 0. The lowest BCUT2D eigenvalue weighted by atomic mass is 10.4. The van der Waals surface area contributed by atoms with Gasteiger partial charge in [-0.2, -0.15) is 4.98 Å². The molecule has 2 aromatic rings. The van der Waals surface area contributed by atoms with E-state index in [0.29, 0.717) is 0 Å². The van der Waals surface area contributed by atoms with E-state index in [-0.39, 0.29) is 24.1 Å². The Labute approximate surface area is 99.5 Å². The van der Waals surface area contributed by atoms with Crippen LogP contribution in [0.1, 0.15) is 17.6 Å². The van der Waals surface area contributed by atoms with Crippen molar-refractivity contribution in [3.63, 3.8) is 0 Å². The third-order valence-electron chi connectivity index (χ3n) is 1.87. The van der Waals surface area contributed by atoms with E-state index in [0.717, 1.165) is 6.07 Å². The molecular formula is C9H7N3O6. The Balaban J connectivity index is 2.23. The molecule has 0 aromatic carbocycles. The van der Waals surface area contributed by atoms with Crippen LogP contribution in [0.2, 0.25) is 0 Å². The summed E-state index contributed by atoms with van der Waals surface area (Å²) in [6.45, 7) is 1.80. The number of carbonyl (C=O) groups excluding carboxylic acids is 1. The van der Waals surface area contributed by atoms with Gasteiger partial charge >= 0.3 is 17.7 Å². The van der Waals surface area contributed by atoms with Gasteiger partial charge in [0.1, 0.15) is 4.92 Å². The van der Waals surface area contributed by atoms with Gasteiger partial charge in [-0.15, -0.1) is 0 Å². The van der Waals surface area contributed by atoms with Gasteiger partial charge in [-0.1, -0.05) is 5.16 Å². The molecule has 18 heavy (non-hydrogen) atoms. The van der Waals surface area contributed by atoms with Gasteiger partial charge in [0.15, 0.2) is 5.76 Å². The molecular weight excluding hydrogens is 246 g/mol. The van der Waals surface area contributed by atoms with Crippen LogP contribution in [0.3, 0.4) is 0 Å². The van der Waals surface area contributed by atoms with E-state index < -0.39 is 16.8 Å². The molecule has 0 aliphatic heterocycles. The smallest absolute Gasteiger partial charge is 0.433 e. The summed E-state index contributed by atoms with van der Waals surface area (Å²) in [5, 5.41) is 13.9. The number of nitro groups is 1. The highest BCUT2D eigenvalue weighted by atomic mass is 16.6. The summed E-state index contributed by atoms with van der Waals surface area (Å²) in [5.74, 6) is -1.59. The molecule has 0 amide bonds. The Kier molecular flexibility index (Phi) is 3.04. The largest absolute Gasteiger partial charge is 0.459 e. The van der Waals surface area contributed by atoms with Crippen LogP contribution in [-0.2, 0) is 4.74 Å². The molecule has 0 N–H and O–H groups in total. The van der Waals surface area contributed by atoms with E-state index in [4.69, 9.17) is 4.42 Å². The summed E-state index contributed by atoms with van der Waals surface area (Å²) in [6, 6.07) is 2.45. The van der Waals surface area contributed by atoms with Crippen molar-refractivity contribution in [2.24, 2.45) is 0 Å². The lowest BCUT2D eigenvalue weighted by Crippen LogP contribution is -2.04. The van der Waals surface area contributed by atoms with Crippen molar-refractivity contribution < 1.29 is 23.4 Å². The summed E-state index contributed by atoms with van der Waals surface area (Å²) >= 11 is 0. The van der Waals surface area contributed by atoms with E-state index in [1.807, 2.05) is 0 Å². The average molecular weight is 253 g/mol. The Morgan fingerprint density at radius 2 is 2.33 bits per heavy atom. The first-order chi connectivity index (χ1) is 8.61. The molecule has 0 aliphatic carbocycles. The lowest BCUT2D eigenvalue weighted by molar-refractivity contribution is -0.401. The molecule has 9 nitrogen and oxygen atoms in total. The minimum atomic E-state index is -0.766. The maximum Gasteiger partial charge on any atom is 0.433 e. The molecule has 0 fully saturated rings. The first-order valence-corrected chi connectivity index (χ1v) is 4.87. The van der Waals surface area contributed by atoms with E-state index in [1.54, 1.807) is 6.92 Å². The molecule has 2 aromatic heterocycles. The minimum Gasteiger partial charge on any atom is -0.459 e. The third kappa shape index (κ3) is 2.19. The number of nitrogens with zero attached hydrogens (tertiary/aromatic N) is 3. The second-order valence-electron chi connectivity index (χ2n) is 3.04. The van der Waals surface area contributed by atoms with Gasteiger partial charge in [0.2, 0.25) is 5.82 Å². The first kappa shape index (κ1) is 11.8. The van der Waals surface area contributed by atoms with Crippen LogP contribution in [0.5, 0.6) is 0 Å². The van der Waals surface area contributed by atoms with Gasteiger partial charge in [0, 0.05) is 0 Å². The monoisotopic (exact) mass is 253 g/mol. The predicted octanol–water partition coefficient (Wildman–Crippen LogP) is 1.41. The number of ether oxygens (including phenoxy) is 1. The van der Waals surface area contributed by atoms with Gasteiger partial charge in [-0.25, -0.2) is 4.79 Å². The number of esters is 1. The molecule has 94 valence electrons. The van der Waals surface area contributed by atoms with E-state index in [2.05, 4.69) is 19.4 Å². The van der Waals surface area contributed by atoms with Gasteiger partial charge in [0.05, 0.1) is 12.7 Å². The van der Waals surface area contributed by atoms with Crippen LogP contribution in [0.15, 0.2) is 21.1 Å². The zero-order valence-electron chi connectivity index (χ0n) is 9.15. The number of furan rings is 1. The van der Waals surface area contributed by atoms with Crippen LogP contribution in [0, 0.1) is 10.1 Å². The Hall–Kier alpha value is -2.71. The highest BCUT2D eigenvalue weighted by Gasteiger charge is 2.21. The highest BCUT2D eigenvalue weighted by molar-refractivity contribution is 5.84. The van der Waals surface area contributed by atoms with E-state index >= 15 is 0 Å². The van der Waals surface area contributed by atoms with E-state index in [9.17, 15) is 14.9 Å². The Morgan fingerprint density at radius 1 is 1.56 bits per heavy atom. The van der Waals surface area contributed by atoms with Gasteiger partial charge in [0.25, 0.3) is 0 Å². The van der Waals surface area contributed by atoms with Crippen LogP contribution >= 0.6 is 0 Å². The second kappa shape index (κ2) is 4.65. The number of aromatic nitrogens is 2.